The number of anilines is 1. The maximum atomic E-state index is 5.61. The third-order valence-electron chi connectivity index (χ3n) is 4.71. The Balaban J connectivity index is 1.63. The van der Waals surface area contributed by atoms with E-state index in [1.165, 1.54) is 11.9 Å². The van der Waals surface area contributed by atoms with Crippen molar-refractivity contribution in [2.24, 2.45) is 0 Å². The van der Waals surface area contributed by atoms with E-state index in [0.717, 1.165) is 17.7 Å². The number of rotatable bonds is 10. The molecular formula is C22H23N5O4S. The molecule has 0 amide bonds. The SMILES string of the molecule is COc1cccc(OC)c1-n1c(NSCCc2cccnc2OC)nnc1-c1ccco1. The number of furan rings is 1. The highest BCUT2D eigenvalue weighted by Crippen LogP contribution is 2.38. The highest BCUT2D eigenvalue weighted by Gasteiger charge is 2.23. The molecule has 166 valence electrons. The molecule has 0 bridgehead atoms. The molecule has 10 heteroatoms. The second kappa shape index (κ2) is 10.1. The van der Waals surface area contributed by atoms with E-state index in [1.54, 1.807) is 39.9 Å². The standard InChI is InChI=1S/C22H23N5O4S/c1-28-16-8-4-9-17(29-2)19(16)27-20(18-10-6-13-31-18)24-25-22(27)26-32-14-11-15-7-5-12-23-21(15)30-3/h4-10,12-13H,11,14H2,1-3H3,(H,25,26). The number of methoxy groups -OCH3 is 3. The van der Waals surface area contributed by atoms with Crippen LogP contribution in [-0.2, 0) is 6.42 Å². The number of aryl methyl sites for hydroxylation is 1. The van der Waals surface area contributed by atoms with Gasteiger partial charge in [0.15, 0.2) is 5.76 Å². The first-order valence-electron chi connectivity index (χ1n) is 9.83. The van der Waals surface area contributed by atoms with E-state index in [4.69, 9.17) is 18.6 Å². The van der Waals surface area contributed by atoms with Crippen molar-refractivity contribution in [1.82, 2.24) is 19.7 Å². The third-order valence-corrected chi connectivity index (χ3v) is 5.45. The molecule has 0 aliphatic rings. The second-order valence-electron chi connectivity index (χ2n) is 6.54. The first-order chi connectivity index (χ1) is 15.8. The Kier molecular flexibility index (Phi) is 6.81. The van der Waals surface area contributed by atoms with Gasteiger partial charge in [0.05, 0.1) is 27.6 Å². The van der Waals surface area contributed by atoms with Crippen molar-refractivity contribution in [1.29, 1.82) is 0 Å². The lowest BCUT2D eigenvalue weighted by Gasteiger charge is -2.17. The van der Waals surface area contributed by atoms with Gasteiger partial charge in [0.1, 0.15) is 17.2 Å². The Hall–Kier alpha value is -3.66. The lowest BCUT2D eigenvalue weighted by molar-refractivity contribution is 0.391. The van der Waals surface area contributed by atoms with Crippen LogP contribution in [0.4, 0.5) is 5.95 Å². The van der Waals surface area contributed by atoms with Gasteiger partial charge in [-0.2, -0.15) is 0 Å². The van der Waals surface area contributed by atoms with Gasteiger partial charge in [-0.1, -0.05) is 12.1 Å². The summed E-state index contributed by atoms with van der Waals surface area (Å²) in [7, 11) is 4.84. The highest BCUT2D eigenvalue weighted by atomic mass is 32.2. The molecule has 9 nitrogen and oxygen atoms in total. The Bertz CT molecular complexity index is 1140. The average Bonchev–Trinajstić information content (AvgIpc) is 3.51. The summed E-state index contributed by atoms with van der Waals surface area (Å²) in [5.41, 5.74) is 1.71. The summed E-state index contributed by atoms with van der Waals surface area (Å²) in [6, 6.07) is 13.1. The molecule has 32 heavy (non-hydrogen) atoms. The molecule has 4 rings (SSSR count). The Labute approximate surface area is 189 Å². The van der Waals surface area contributed by atoms with Gasteiger partial charge in [-0.3, -0.25) is 9.29 Å². The molecule has 3 heterocycles. The van der Waals surface area contributed by atoms with Crippen molar-refractivity contribution < 1.29 is 18.6 Å². The molecule has 1 aromatic carbocycles. The second-order valence-corrected chi connectivity index (χ2v) is 7.44. The Morgan fingerprint density at radius 1 is 0.969 bits per heavy atom. The van der Waals surface area contributed by atoms with Crippen molar-refractivity contribution in [2.45, 2.75) is 6.42 Å². The van der Waals surface area contributed by atoms with Gasteiger partial charge in [0.2, 0.25) is 17.7 Å². The summed E-state index contributed by atoms with van der Waals surface area (Å²) >= 11 is 1.50. The summed E-state index contributed by atoms with van der Waals surface area (Å²) in [4.78, 5) is 4.24. The van der Waals surface area contributed by atoms with Crippen LogP contribution in [0, 0.1) is 0 Å². The molecular weight excluding hydrogens is 430 g/mol. The van der Waals surface area contributed by atoms with Crippen molar-refractivity contribution in [3.8, 4) is 34.7 Å². The van der Waals surface area contributed by atoms with Gasteiger partial charge in [0, 0.05) is 17.5 Å². The number of nitrogens with one attached hydrogen (secondary N) is 1. The molecule has 0 aliphatic heterocycles. The van der Waals surface area contributed by atoms with E-state index in [2.05, 4.69) is 19.9 Å². The van der Waals surface area contributed by atoms with Gasteiger partial charge in [-0.05, 0) is 48.7 Å². The largest absolute Gasteiger partial charge is 0.494 e. The van der Waals surface area contributed by atoms with Crippen molar-refractivity contribution >= 4 is 17.9 Å². The predicted octanol–water partition coefficient (Wildman–Crippen LogP) is 4.25. The van der Waals surface area contributed by atoms with E-state index in [1.807, 2.05) is 41.0 Å². The van der Waals surface area contributed by atoms with Gasteiger partial charge >= 0.3 is 0 Å². The molecule has 1 N–H and O–H groups in total. The van der Waals surface area contributed by atoms with Crippen LogP contribution in [0.3, 0.4) is 0 Å². The van der Waals surface area contributed by atoms with Crippen molar-refractivity contribution in [3.63, 3.8) is 0 Å². The average molecular weight is 454 g/mol. The van der Waals surface area contributed by atoms with E-state index in [0.29, 0.717) is 40.6 Å². The summed E-state index contributed by atoms with van der Waals surface area (Å²) in [5, 5.41) is 8.70. The van der Waals surface area contributed by atoms with Crippen LogP contribution in [0.1, 0.15) is 5.56 Å². The number of pyridine rings is 1. The van der Waals surface area contributed by atoms with Gasteiger partial charge in [-0.15, -0.1) is 10.2 Å². The lowest BCUT2D eigenvalue weighted by atomic mass is 10.2. The van der Waals surface area contributed by atoms with E-state index in [-0.39, 0.29) is 0 Å². The molecule has 0 fully saturated rings. The number of hydrogen-bond acceptors (Lipinski definition) is 9. The number of benzene rings is 1. The summed E-state index contributed by atoms with van der Waals surface area (Å²) in [6.07, 6.45) is 4.08. The van der Waals surface area contributed by atoms with Crippen LogP contribution < -0.4 is 18.9 Å². The monoisotopic (exact) mass is 453 g/mol. The molecule has 0 saturated carbocycles. The molecule has 0 aliphatic carbocycles. The predicted molar refractivity (Wildman–Crippen MR) is 123 cm³/mol. The topological polar surface area (TPSA) is 96.5 Å². The van der Waals surface area contributed by atoms with Crippen molar-refractivity contribution in [3.05, 3.63) is 60.5 Å². The van der Waals surface area contributed by atoms with Crippen LogP contribution in [0.25, 0.3) is 17.3 Å². The zero-order valence-corrected chi connectivity index (χ0v) is 18.8. The molecule has 0 atom stereocenters. The number of ether oxygens (including phenoxy) is 3. The number of para-hydroxylation sites is 1. The smallest absolute Gasteiger partial charge is 0.239 e. The van der Waals surface area contributed by atoms with Crippen molar-refractivity contribution in [2.75, 3.05) is 31.8 Å². The van der Waals surface area contributed by atoms with Crippen LogP contribution in [0.5, 0.6) is 17.4 Å². The maximum absolute atomic E-state index is 5.61. The molecule has 4 aromatic rings. The fraction of sp³-hybridized carbons (Fsp3) is 0.227. The minimum Gasteiger partial charge on any atom is -0.494 e. The van der Waals surface area contributed by atoms with E-state index in [9.17, 15) is 0 Å². The zero-order chi connectivity index (χ0) is 22.3. The van der Waals surface area contributed by atoms with Gasteiger partial charge in [0.25, 0.3) is 0 Å². The number of hydrogen-bond donors (Lipinski definition) is 1. The third kappa shape index (κ3) is 4.35. The van der Waals surface area contributed by atoms with E-state index < -0.39 is 0 Å². The van der Waals surface area contributed by atoms with Crippen LogP contribution in [0.2, 0.25) is 0 Å². The first kappa shape index (κ1) is 21.6. The minimum atomic E-state index is 0.516. The van der Waals surface area contributed by atoms with Crippen LogP contribution >= 0.6 is 11.9 Å². The highest BCUT2D eigenvalue weighted by molar-refractivity contribution is 8.00. The maximum Gasteiger partial charge on any atom is 0.239 e. The number of nitrogens with zero attached hydrogens (tertiary/aromatic N) is 4. The molecule has 0 saturated heterocycles. The fourth-order valence-electron chi connectivity index (χ4n) is 3.25. The fourth-order valence-corrected chi connectivity index (χ4v) is 3.94. The van der Waals surface area contributed by atoms with Crippen LogP contribution in [-0.4, -0.2) is 46.8 Å². The lowest BCUT2D eigenvalue weighted by Crippen LogP contribution is -2.07. The molecule has 0 radical (unpaired) electrons. The Morgan fingerprint density at radius 3 is 2.47 bits per heavy atom. The first-order valence-corrected chi connectivity index (χ1v) is 10.8. The summed E-state index contributed by atoms with van der Waals surface area (Å²) in [5.74, 6) is 4.24. The summed E-state index contributed by atoms with van der Waals surface area (Å²) in [6.45, 7) is 0. The van der Waals surface area contributed by atoms with Crippen LogP contribution in [0.15, 0.2) is 59.3 Å². The quantitative estimate of drug-likeness (QED) is 0.279. The van der Waals surface area contributed by atoms with Gasteiger partial charge < -0.3 is 18.6 Å². The molecule has 0 spiro atoms. The molecule has 0 unspecified atom stereocenters. The summed E-state index contributed by atoms with van der Waals surface area (Å²) < 4.78 is 27.3. The molecule has 3 aromatic heterocycles. The van der Waals surface area contributed by atoms with Gasteiger partial charge in [-0.25, -0.2) is 4.98 Å². The van der Waals surface area contributed by atoms with E-state index >= 15 is 0 Å². The normalized spacial score (nSPS) is 10.7. The zero-order valence-electron chi connectivity index (χ0n) is 17.9. The Morgan fingerprint density at radius 2 is 1.78 bits per heavy atom. The minimum absolute atomic E-state index is 0.516. The number of aromatic nitrogens is 4.